The van der Waals surface area contributed by atoms with E-state index in [1.165, 1.54) is 17.0 Å². The van der Waals surface area contributed by atoms with Gasteiger partial charge in [0.2, 0.25) is 10.0 Å². The van der Waals surface area contributed by atoms with Gasteiger partial charge >= 0.3 is 12.1 Å². The summed E-state index contributed by atoms with van der Waals surface area (Å²) in [5.41, 5.74) is 1.49. The smallest absolute Gasteiger partial charge is 0.408 e. The van der Waals surface area contributed by atoms with Crippen LogP contribution in [-0.4, -0.2) is 87.1 Å². The Morgan fingerprint density at radius 3 is 2.76 bits per heavy atom. The number of rotatable bonds is 11. The number of nitrogens with one attached hydrogen (secondary N) is 2. The Labute approximate surface area is 218 Å². The molecule has 1 aromatic heterocycles. The Morgan fingerprint density at radius 2 is 2.05 bits per heavy atom. The van der Waals surface area contributed by atoms with E-state index in [0.717, 1.165) is 62.8 Å². The van der Waals surface area contributed by atoms with Gasteiger partial charge in [0.25, 0.3) is 0 Å². The minimum atomic E-state index is -3.33. The Kier molecular flexibility index (Phi) is 8.59. The first-order chi connectivity index (χ1) is 17.5. The maximum absolute atomic E-state index is 12.4. The normalized spacial score (nSPS) is 23.4. The van der Waals surface area contributed by atoms with Crippen molar-refractivity contribution in [3.05, 3.63) is 23.4 Å². The third kappa shape index (κ3) is 7.32. The lowest BCUT2D eigenvalue weighted by Gasteiger charge is -2.45. The first kappa shape index (κ1) is 27.6. The number of alkyl carbamates (subject to hydrolysis) is 1. The van der Waals surface area contributed by atoms with Gasteiger partial charge < -0.3 is 24.8 Å². The fraction of sp³-hybridized carbons (Fsp3) is 0.720. The first-order valence-corrected chi connectivity index (χ1v) is 14.8. The van der Waals surface area contributed by atoms with Gasteiger partial charge in [-0.15, -0.1) is 0 Å². The van der Waals surface area contributed by atoms with Crippen LogP contribution in [0.3, 0.4) is 0 Å². The standard InChI is InChI=1S/C25H38N4O7S/c1-25(15-29(16-25)37(3,32)33)36-24(31)28-21(23(30)34-2)10-12-35-20-13-17(14-20)6-8-19-9-7-18-5-4-11-26-22(18)27-19/h7,9,17,20-21H,4-6,8,10-16H2,1-3H3,(H,26,27)(H,28,31)/t17-,20-,21-/m0/s1. The van der Waals surface area contributed by atoms with E-state index in [1.54, 1.807) is 6.92 Å². The Balaban J connectivity index is 1.13. The molecule has 3 heterocycles. The summed E-state index contributed by atoms with van der Waals surface area (Å²) in [5.74, 6) is 1.04. The predicted molar refractivity (Wildman–Crippen MR) is 137 cm³/mol. The molecule has 1 amide bonds. The molecule has 0 spiro atoms. The number of hydrogen-bond acceptors (Lipinski definition) is 9. The third-order valence-corrected chi connectivity index (χ3v) is 8.52. The molecule has 206 valence electrons. The maximum Gasteiger partial charge on any atom is 0.408 e. The number of carbonyl (C=O) groups excluding carboxylic acids is 2. The van der Waals surface area contributed by atoms with Crippen molar-refractivity contribution in [2.24, 2.45) is 5.92 Å². The zero-order chi connectivity index (χ0) is 26.6. The Hall–Kier alpha value is -2.44. The van der Waals surface area contributed by atoms with Crippen LogP contribution in [-0.2, 0) is 41.9 Å². The highest BCUT2D eigenvalue weighted by Gasteiger charge is 2.46. The number of aryl methyl sites for hydroxylation is 2. The molecule has 0 unspecified atom stereocenters. The molecule has 1 aliphatic carbocycles. The molecule has 1 saturated heterocycles. The largest absolute Gasteiger partial charge is 0.467 e. The van der Waals surface area contributed by atoms with Gasteiger partial charge in [-0.05, 0) is 63.0 Å². The number of pyridine rings is 1. The van der Waals surface area contributed by atoms with Crippen LogP contribution in [0.2, 0.25) is 0 Å². The summed E-state index contributed by atoms with van der Waals surface area (Å²) >= 11 is 0. The number of esters is 1. The van der Waals surface area contributed by atoms with Gasteiger partial charge in [-0.3, -0.25) is 0 Å². The van der Waals surface area contributed by atoms with Crippen LogP contribution in [0.4, 0.5) is 10.6 Å². The van der Waals surface area contributed by atoms with Crippen LogP contribution in [0.5, 0.6) is 0 Å². The van der Waals surface area contributed by atoms with Crippen molar-refractivity contribution in [3.8, 4) is 0 Å². The lowest BCUT2D eigenvalue weighted by molar-refractivity contribution is -0.144. The van der Waals surface area contributed by atoms with Crippen LogP contribution in [0.1, 0.15) is 50.3 Å². The van der Waals surface area contributed by atoms with E-state index < -0.39 is 33.7 Å². The predicted octanol–water partition coefficient (Wildman–Crippen LogP) is 1.86. The van der Waals surface area contributed by atoms with E-state index in [2.05, 4.69) is 22.8 Å². The minimum absolute atomic E-state index is 0.0769. The van der Waals surface area contributed by atoms with Gasteiger partial charge in [-0.1, -0.05) is 6.07 Å². The van der Waals surface area contributed by atoms with Gasteiger partial charge in [-0.25, -0.2) is 23.0 Å². The molecular formula is C25H38N4O7S. The van der Waals surface area contributed by atoms with E-state index in [1.807, 2.05) is 0 Å². The van der Waals surface area contributed by atoms with E-state index in [-0.39, 0.29) is 25.6 Å². The van der Waals surface area contributed by atoms with Gasteiger partial charge in [0, 0.05) is 25.3 Å². The van der Waals surface area contributed by atoms with Gasteiger partial charge in [0.1, 0.15) is 17.5 Å². The summed E-state index contributed by atoms with van der Waals surface area (Å²) in [7, 11) is -2.08. The van der Waals surface area contributed by atoms with Crippen molar-refractivity contribution in [1.29, 1.82) is 0 Å². The molecule has 4 rings (SSSR count). The number of ether oxygens (including phenoxy) is 3. The minimum Gasteiger partial charge on any atom is -0.467 e. The quantitative estimate of drug-likeness (QED) is 0.405. The lowest BCUT2D eigenvalue weighted by atomic mass is 9.79. The number of aromatic nitrogens is 1. The van der Waals surface area contributed by atoms with Crippen LogP contribution >= 0.6 is 0 Å². The third-order valence-electron chi connectivity index (χ3n) is 7.32. The number of nitrogens with zero attached hydrogens (tertiary/aromatic N) is 2. The number of fused-ring (bicyclic) bond motifs is 1. The van der Waals surface area contributed by atoms with Gasteiger partial charge in [-0.2, -0.15) is 4.31 Å². The summed E-state index contributed by atoms with van der Waals surface area (Å²) in [6.45, 7) is 3.09. The molecule has 0 bridgehead atoms. The fourth-order valence-corrected chi connectivity index (χ4v) is 6.06. The summed E-state index contributed by atoms with van der Waals surface area (Å²) in [5, 5.41) is 5.91. The van der Waals surface area contributed by atoms with E-state index in [0.29, 0.717) is 12.5 Å². The summed E-state index contributed by atoms with van der Waals surface area (Å²) in [6.07, 6.45) is 6.91. The second kappa shape index (κ2) is 11.5. The second-order valence-electron chi connectivity index (χ2n) is 10.6. The number of methoxy groups -OCH3 is 1. The molecule has 3 aliphatic rings. The zero-order valence-electron chi connectivity index (χ0n) is 21.8. The van der Waals surface area contributed by atoms with Crippen molar-refractivity contribution in [2.45, 2.75) is 69.6 Å². The van der Waals surface area contributed by atoms with Crippen molar-refractivity contribution in [2.75, 3.05) is 44.9 Å². The number of carbonyl (C=O) groups is 2. The number of sulfonamides is 1. The van der Waals surface area contributed by atoms with Gasteiger partial charge in [0.05, 0.1) is 32.6 Å². The van der Waals surface area contributed by atoms with Crippen LogP contribution < -0.4 is 10.6 Å². The average Bonchev–Trinajstić information content (AvgIpc) is 2.81. The van der Waals surface area contributed by atoms with Crippen molar-refractivity contribution in [1.82, 2.24) is 14.6 Å². The van der Waals surface area contributed by atoms with Crippen molar-refractivity contribution >= 4 is 27.9 Å². The zero-order valence-corrected chi connectivity index (χ0v) is 22.6. The Morgan fingerprint density at radius 1 is 1.30 bits per heavy atom. The maximum atomic E-state index is 12.4. The van der Waals surface area contributed by atoms with E-state index >= 15 is 0 Å². The highest BCUT2D eigenvalue weighted by atomic mass is 32.2. The number of anilines is 1. The molecule has 2 fully saturated rings. The van der Waals surface area contributed by atoms with Crippen LogP contribution in [0.25, 0.3) is 0 Å². The lowest BCUT2D eigenvalue weighted by Crippen LogP contribution is -2.64. The number of hydrogen-bond donors (Lipinski definition) is 2. The van der Waals surface area contributed by atoms with E-state index in [9.17, 15) is 18.0 Å². The summed E-state index contributed by atoms with van der Waals surface area (Å²) in [6, 6.07) is 3.41. The van der Waals surface area contributed by atoms with Crippen LogP contribution in [0.15, 0.2) is 12.1 Å². The number of amides is 1. The highest BCUT2D eigenvalue weighted by molar-refractivity contribution is 7.88. The molecule has 37 heavy (non-hydrogen) atoms. The second-order valence-corrected chi connectivity index (χ2v) is 12.6. The average molecular weight is 539 g/mol. The molecular weight excluding hydrogens is 500 g/mol. The van der Waals surface area contributed by atoms with Gasteiger partial charge in [0.15, 0.2) is 0 Å². The SMILES string of the molecule is COC(=O)[C@H](CCO[C@H]1C[C@H](CCc2ccc3c(n2)NCCC3)C1)NC(=O)OC1(C)CN(S(C)(=O)=O)C1. The summed E-state index contributed by atoms with van der Waals surface area (Å²) in [4.78, 5) is 29.3. The fourth-order valence-electron chi connectivity index (χ4n) is 5.04. The molecule has 0 aromatic carbocycles. The molecule has 11 nitrogen and oxygen atoms in total. The van der Waals surface area contributed by atoms with E-state index in [4.69, 9.17) is 19.2 Å². The monoisotopic (exact) mass is 538 g/mol. The first-order valence-electron chi connectivity index (χ1n) is 12.9. The molecule has 1 atom stereocenters. The van der Waals surface area contributed by atoms with Crippen LogP contribution in [0, 0.1) is 5.92 Å². The molecule has 1 saturated carbocycles. The summed E-state index contributed by atoms with van der Waals surface area (Å²) < 4.78 is 40.4. The molecule has 0 radical (unpaired) electrons. The van der Waals surface area contributed by atoms with Crippen molar-refractivity contribution < 1.29 is 32.2 Å². The molecule has 12 heteroatoms. The molecule has 1 aromatic rings. The molecule has 2 N–H and O–H groups in total. The Bertz CT molecular complexity index is 1080. The molecule has 2 aliphatic heterocycles. The highest BCUT2D eigenvalue weighted by Crippen LogP contribution is 2.34. The topological polar surface area (TPSA) is 136 Å². The van der Waals surface area contributed by atoms with Crippen molar-refractivity contribution in [3.63, 3.8) is 0 Å².